The molecule has 0 aliphatic heterocycles. The predicted octanol–water partition coefficient (Wildman–Crippen LogP) is 8.09. The smallest absolute Gasteiger partial charge is 0.313 e. The highest BCUT2D eigenvalue weighted by atomic mass is 19.3. The van der Waals surface area contributed by atoms with E-state index in [1.54, 1.807) is 30.3 Å². The van der Waals surface area contributed by atoms with Crippen molar-refractivity contribution in [2.24, 2.45) is 5.92 Å². The molecule has 3 rings (SSSR count). The lowest BCUT2D eigenvalue weighted by Crippen LogP contribution is -2.27. The molecule has 2 aromatic rings. The van der Waals surface area contributed by atoms with Crippen LogP contribution in [0.5, 0.6) is 0 Å². The second-order valence-corrected chi connectivity index (χ2v) is 8.37. The van der Waals surface area contributed by atoms with Crippen molar-refractivity contribution in [3.8, 4) is 0 Å². The number of halogens is 3. The quantitative estimate of drug-likeness (QED) is 0.348. The van der Waals surface area contributed by atoms with Gasteiger partial charge in [-0.15, -0.1) is 13.2 Å². The SMILES string of the molecule is C=CCCc1ccc(C(F)C(F)(F)OCc2ccc(C3CCC(C=C)CC3)cc2)cc1. The largest absolute Gasteiger partial charge is 0.391 e. The van der Waals surface area contributed by atoms with Crippen LogP contribution in [0.2, 0.25) is 0 Å². The van der Waals surface area contributed by atoms with Gasteiger partial charge in [-0.05, 0) is 72.6 Å². The van der Waals surface area contributed by atoms with Crippen LogP contribution in [0.15, 0.2) is 73.8 Å². The molecule has 2 aromatic carbocycles. The summed E-state index contributed by atoms with van der Waals surface area (Å²) in [6.45, 7) is 7.19. The minimum Gasteiger partial charge on any atom is -0.313 e. The van der Waals surface area contributed by atoms with E-state index in [9.17, 15) is 13.2 Å². The van der Waals surface area contributed by atoms with Crippen LogP contribution in [-0.4, -0.2) is 6.11 Å². The van der Waals surface area contributed by atoms with Crippen LogP contribution in [-0.2, 0) is 17.8 Å². The van der Waals surface area contributed by atoms with Gasteiger partial charge in [0, 0.05) is 0 Å². The first-order valence-corrected chi connectivity index (χ1v) is 11.0. The monoisotopic (exact) mass is 428 g/mol. The molecule has 1 fully saturated rings. The van der Waals surface area contributed by atoms with Gasteiger partial charge in [-0.25, -0.2) is 4.39 Å². The van der Waals surface area contributed by atoms with Crippen LogP contribution in [0, 0.1) is 5.92 Å². The highest BCUT2D eigenvalue weighted by Crippen LogP contribution is 2.38. The van der Waals surface area contributed by atoms with Crippen LogP contribution in [0.25, 0.3) is 0 Å². The highest BCUT2D eigenvalue weighted by Gasteiger charge is 2.42. The summed E-state index contributed by atoms with van der Waals surface area (Å²) in [5.74, 6) is 1.10. The van der Waals surface area contributed by atoms with Crippen LogP contribution < -0.4 is 0 Å². The fourth-order valence-corrected chi connectivity index (χ4v) is 4.14. The first kappa shape index (κ1) is 23.3. The van der Waals surface area contributed by atoms with Gasteiger partial charge in [-0.2, -0.15) is 8.78 Å². The summed E-state index contributed by atoms with van der Waals surface area (Å²) in [6, 6.07) is 13.7. The fraction of sp³-hybridized carbons (Fsp3) is 0.407. The molecule has 0 saturated heterocycles. The molecule has 0 radical (unpaired) electrons. The lowest BCUT2D eigenvalue weighted by Gasteiger charge is -2.27. The third-order valence-electron chi connectivity index (χ3n) is 6.19. The molecule has 1 aliphatic carbocycles. The number of ether oxygens (including phenoxy) is 1. The van der Waals surface area contributed by atoms with Crippen LogP contribution >= 0.6 is 0 Å². The molecule has 1 aliphatic rings. The van der Waals surface area contributed by atoms with Crippen molar-refractivity contribution < 1.29 is 17.9 Å². The molecule has 4 heteroatoms. The van der Waals surface area contributed by atoms with Gasteiger partial charge < -0.3 is 4.74 Å². The van der Waals surface area contributed by atoms with E-state index < -0.39 is 12.3 Å². The predicted molar refractivity (Wildman–Crippen MR) is 120 cm³/mol. The summed E-state index contributed by atoms with van der Waals surface area (Å²) in [5.41, 5.74) is 2.70. The van der Waals surface area contributed by atoms with Gasteiger partial charge in [-0.3, -0.25) is 0 Å². The van der Waals surface area contributed by atoms with E-state index in [0.717, 1.165) is 44.1 Å². The average Bonchev–Trinajstić information content (AvgIpc) is 2.82. The normalized spacial score (nSPS) is 20.2. The Morgan fingerprint density at radius 3 is 2.13 bits per heavy atom. The third-order valence-corrected chi connectivity index (χ3v) is 6.19. The maximum absolute atomic E-state index is 14.5. The Labute approximate surface area is 183 Å². The summed E-state index contributed by atoms with van der Waals surface area (Å²) in [4.78, 5) is 0. The van der Waals surface area contributed by atoms with Gasteiger partial charge in [-0.1, -0.05) is 60.7 Å². The fourth-order valence-electron chi connectivity index (χ4n) is 4.14. The molecular formula is C27H31F3O. The zero-order valence-electron chi connectivity index (χ0n) is 17.9. The molecule has 1 nitrogen and oxygen atoms in total. The maximum atomic E-state index is 14.5. The summed E-state index contributed by atoms with van der Waals surface area (Å²) in [5, 5.41) is 0. The Bertz CT molecular complexity index is 834. The van der Waals surface area contributed by atoms with Crippen LogP contribution in [0.4, 0.5) is 13.2 Å². The zero-order valence-corrected chi connectivity index (χ0v) is 17.9. The lowest BCUT2D eigenvalue weighted by molar-refractivity contribution is -0.282. The molecule has 166 valence electrons. The molecule has 0 bridgehead atoms. The van der Waals surface area contributed by atoms with Crippen molar-refractivity contribution in [1.82, 2.24) is 0 Å². The Morgan fingerprint density at radius 2 is 1.55 bits per heavy atom. The third kappa shape index (κ3) is 6.33. The number of alkyl halides is 3. The van der Waals surface area contributed by atoms with Crippen molar-refractivity contribution in [3.05, 3.63) is 96.1 Å². The molecule has 0 amide bonds. The van der Waals surface area contributed by atoms with E-state index >= 15 is 0 Å². The van der Waals surface area contributed by atoms with Gasteiger partial charge in [0.2, 0.25) is 6.17 Å². The van der Waals surface area contributed by atoms with E-state index in [2.05, 4.69) is 13.2 Å². The minimum atomic E-state index is -3.90. The van der Waals surface area contributed by atoms with Crippen molar-refractivity contribution in [3.63, 3.8) is 0 Å². The summed E-state index contributed by atoms with van der Waals surface area (Å²) in [6.07, 6.45) is 3.44. The number of aryl methyl sites for hydroxylation is 1. The zero-order chi connectivity index (χ0) is 22.3. The number of allylic oxidation sites excluding steroid dienone is 2. The standard InChI is InChI=1S/C27H31F3O/c1-3-5-6-21-9-17-25(18-10-21)26(28)27(29,30)31-19-22-11-15-24(16-12-22)23-13-7-20(4-2)8-14-23/h3-4,9-12,15-18,20,23,26H,1-2,5-8,13-14,19H2. The van der Waals surface area contributed by atoms with Gasteiger partial charge >= 0.3 is 6.11 Å². The summed E-state index contributed by atoms with van der Waals surface area (Å²) < 4.78 is 47.8. The van der Waals surface area contributed by atoms with Gasteiger partial charge in [0.05, 0.1) is 6.61 Å². The first-order valence-electron chi connectivity index (χ1n) is 11.0. The van der Waals surface area contributed by atoms with Crippen molar-refractivity contribution >= 4 is 0 Å². The second-order valence-electron chi connectivity index (χ2n) is 8.37. The molecule has 0 spiro atoms. The molecule has 0 heterocycles. The number of benzene rings is 2. The first-order chi connectivity index (χ1) is 14.9. The Kier molecular flexibility index (Phi) is 8.14. The molecule has 1 unspecified atom stereocenters. The van der Waals surface area contributed by atoms with E-state index in [-0.39, 0.29) is 12.2 Å². The Morgan fingerprint density at radius 1 is 0.935 bits per heavy atom. The second kappa shape index (κ2) is 10.8. The van der Waals surface area contributed by atoms with Crippen LogP contribution in [0.3, 0.4) is 0 Å². The molecule has 0 aromatic heterocycles. The summed E-state index contributed by atoms with van der Waals surface area (Å²) in [7, 11) is 0. The molecule has 31 heavy (non-hydrogen) atoms. The molecule has 1 atom stereocenters. The van der Waals surface area contributed by atoms with Gasteiger partial charge in [0.1, 0.15) is 0 Å². The number of hydrogen-bond acceptors (Lipinski definition) is 1. The molecule has 1 saturated carbocycles. The van der Waals surface area contributed by atoms with E-state index in [0.29, 0.717) is 17.4 Å². The molecule has 0 N–H and O–H groups in total. The lowest BCUT2D eigenvalue weighted by atomic mass is 9.79. The topological polar surface area (TPSA) is 9.23 Å². The number of hydrogen-bond donors (Lipinski definition) is 0. The number of rotatable bonds is 10. The van der Waals surface area contributed by atoms with Crippen molar-refractivity contribution in [1.29, 1.82) is 0 Å². The minimum absolute atomic E-state index is 0.0853. The Hall–Kier alpha value is -2.33. The summed E-state index contributed by atoms with van der Waals surface area (Å²) >= 11 is 0. The average molecular weight is 429 g/mol. The van der Waals surface area contributed by atoms with Crippen molar-refractivity contribution in [2.75, 3.05) is 0 Å². The van der Waals surface area contributed by atoms with E-state index in [4.69, 9.17) is 4.74 Å². The van der Waals surface area contributed by atoms with Gasteiger partial charge in [0.15, 0.2) is 0 Å². The van der Waals surface area contributed by atoms with E-state index in [1.165, 1.54) is 17.7 Å². The Balaban J connectivity index is 1.54. The molecular weight excluding hydrogens is 397 g/mol. The van der Waals surface area contributed by atoms with E-state index in [1.807, 2.05) is 18.2 Å². The maximum Gasteiger partial charge on any atom is 0.391 e. The highest BCUT2D eigenvalue weighted by molar-refractivity contribution is 5.27. The van der Waals surface area contributed by atoms with Gasteiger partial charge in [0.25, 0.3) is 0 Å². The van der Waals surface area contributed by atoms with Crippen LogP contribution in [0.1, 0.15) is 66.4 Å². The van der Waals surface area contributed by atoms with Crippen molar-refractivity contribution in [2.45, 2.75) is 63.3 Å².